The van der Waals surface area contributed by atoms with E-state index in [1.807, 2.05) is 30.5 Å². The van der Waals surface area contributed by atoms with Crippen molar-refractivity contribution in [1.82, 2.24) is 5.43 Å². The molecule has 5 heteroatoms. The van der Waals surface area contributed by atoms with Crippen LogP contribution in [0.5, 0.6) is 0 Å². The van der Waals surface area contributed by atoms with Gasteiger partial charge in [-0.25, -0.2) is 5.43 Å². The molecule has 2 aromatic rings. The van der Waals surface area contributed by atoms with E-state index < -0.39 is 0 Å². The molecule has 2 aromatic heterocycles. The predicted octanol–water partition coefficient (Wildman–Crippen LogP) is 4.01. The predicted molar refractivity (Wildman–Crippen MR) is 82.5 cm³/mol. The Morgan fingerprint density at radius 2 is 2.21 bits per heavy atom. The van der Waals surface area contributed by atoms with E-state index in [9.17, 15) is 4.79 Å². The monoisotopic (exact) mass is 292 g/mol. The van der Waals surface area contributed by atoms with E-state index in [4.69, 9.17) is 0 Å². The third kappa shape index (κ3) is 3.75. The summed E-state index contributed by atoms with van der Waals surface area (Å²) in [6.45, 7) is 6.27. The molecule has 0 spiro atoms. The minimum atomic E-state index is -0.160. The average molecular weight is 292 g/mol. The summed E-state index contributed by atoms with van der Waals surface area (Å²) in [5.41, 5.74) is 3.23. The zero-order chi connectivity index (χ0) is 13.8. The molecule has 0 bridgehead atoms. The Bertz CT molecular complexity index is 596. The van der Waals surface area contributed by atoms with Gasteiger partial charge in [0.1, 0.15) is 0 Å². The van der Waals surface area contributed by atoms with E-state index in [2.05, 4.69) is 24.4 Å². The van der Waals surface area contributed by atoms with Crippen molar-refractivity contribution in [2.24, 2.45) is 5.10 Å². The minimum absolute atomic E-state index is 0.160. The number of carbonyl (C=O) groups excluding carboxylic acids is 1. The zero-order valence-electron chi connectivity index (χ0n) is 11.1. The van der Waals surface area contributed by atoms with E-state index in [0.29, 0.717) is 11.5 Å². The van der Waals surface area contributed by atoms with E-state index >= 15 is 0 Å². The number of thiophene rings is 2. The summed E-state index contributed by atoms with van der Waals surface area (Å²) in [7, 11) is 0. The molecule has 1 amide bonds. The third-order valence-electron chi connectivity index (χ3n) is 2.57. The number of hydrogen-bond acceptors (Lipinski definition) is 4. The number of hydrazone groups is 1. The maximum atomic E-state index is 11.9. The molecule has 0 aliphatic heterocycles. The second kappa shape index (κ2) is 6.12. The van der Waals surface area contributed by atoms with Gasteiger partial charge in [0.25, 0.3) is 5.91 Å². The minimum Gasteiger partial charge on any atom is -0.267 e. The van der Waals surface area contributed by atoms with Gasteiger partial charge in [0.2, 0.25) is 0 Å². The lowest BCUT2D eigenvalue weighted by Gasteiger charge is -1.97. The fourth-order valence-corrected chi connectivity index (χ4v) is 3.17. The first-order valence-corrected chi connectivity index (χ1v) is 7.74. The molecule has 0 fully saturated rings. The summed E-state index contributed by atoms with van der Waals surface area (Å²) in [5.74, 6) is 0.289. The first-order chi connectivity index (χ1) is 9.06. The van der Waals surface area contributed by atoms with E-state index in [1.165, 1.54) is 9.75 Å². The van der Waals surface area contributed by atoms with Gasteiger partial charge in [-0.3, -0.25) is 4.79 Å². The fourth-order valence-electron chi connectivity index (χ4n) is 1.52. The van der Waals surface area contributed by atoms with Crippen molar-refractivity contribution in [3.8, 4) is 0 Å². The molecule has 0 unspecified atom stereocenters. The molecule has 0 radical (unpaired) electrons. The Morgan fingerprint density at radius 3 is 2.79 bits per heavy atom. The lowest BCUT2D eigenvalue weighted by molar-refractivity contribution is 0.0955. The molecule has 2 heterocycles. The van der Waals surface area contributed by atoms with Gasteiger partial charge in [0, 0.05) is 20.0 Å². The Morgan fingerprint density at radius 1 is 1.42 bits per heavy atom. The quantitative estimate of drug-likeness (QED) is 0.671. The van der Waals surface area contributed by atoms with Crippen LogP contribution in [0.25, 0.3) is 0 Å². The van der Waals surface area contributed by atoms with Gasteiger partial charge in [-0.05, 0) is 31.0 Å². The molecule has 0 saturated carbocycles. The summed E-state index contributed by atoms with van der Waals surface area (Å²) in [6, 6.07) is 5.94. The van der Waals surface area contributed by atoms with E-state index in [0.717, 1.165) is 4.88 Å². The highest BCUT2D eigenvalue weighted by molar-refractivity contribution is 7.13. The van der Waals surface area contributed by atoms with Crippen LogP contribution in [0.4, 0.5) is 0 Å². The van der Waals surface area contributed by atoms with Crippen LogP contribution in [0.2, 0.25) is 0 Å². The van der Waals surface area contributed by atoms with Crippen LogP contribution >= 0.6 is 22.7 Å². The van der Waals surface area contributed by atoms with Gasteiger partial charge in [0.15, 0.2) is 0 Å². The molecule has 3 nitrogen and oxygen atoms in total. The molecule has 0 atom stereocenters. The van der Waals surface area contributed by atoms with Gasteiger partial charge in [-0.15, -0.1) is 22.7 Å². The number of amides is 1. The van der Waals surface area contributed by atoms with Crippen molar-refractivity contribution in [3.05, 3.63) is 43.8 Å². The molecular weight excluding hydrogens is 276 g/mol. The Hall–Kier alpha value is -1.46. The number of aryl methyl sites for hydroxylation is 1. The SMILES string of the molecule is Cc1ccc(C=NNC(=O)c2csc(C(C)C)c2)s1. The number of hydrogen-bond donors (Lipinski definition) is 1. The standard InChI is InChI=1S/C14H16N2OS2/c1-9(2)13-6-11(8-18-13)14(17)16-15-7-12-5-4-10(3)19-12/h4-9H,1-3H3,(H,16,17). The molecule has 0 aromatic carbocycles. The average Bonchev–Trinajstić information content (AvgIpc) is 2.98. The van der Waals surface area contributed by atoms with Crippen molar-refractivity contribution < 1.29 is 4.79 Å². The third-order valence-corrected chi connectivity index (χ3v) is 4.74. The molecule has 100 valence electrons. The van der Waals surface area contributed by atoms with Crippen LogP contribution in [-0.4, -0.2) is 12.1 Å². The highest BCUT2D eigenvalue weighted by Gasteiger charge is 2.09. The highest BCUT2D eigenvalue weighted by atomic mass is 32.1. The molecule has 0 aliphatic rings. The first-order valence-electron chi connectivity index (χ1n) is 6.04. The normalized spacial score (nSPS) is 11.4. The van der Waals surface area contributed by atoms with Gasteiger partial charge in [-0.2, -0.15) is 5.10 Å². The maximum absolute atomic E-state index is 11.9. The van der Waals surface area contributed by atoms with Gasteiger partial charge in [0.05, 0.1) is 11.8 Å². The van der Waals surface area contributed by atoms with Crippen molar-refractivity contribution in [3.63, 3.8) is 0 Å². The van der Waals surface area contributed by atoms with Crippen LogP contribution in [0.15, 0.2) is 28.7 Å². The first kappa shape index (κ1) is 14.0. The molecular formula is C14H16N2OS2. The van der Waals surface area contributed by atoms with Crippen molar-refractivity contribution >= 4 is 34.8 Å². The summed E-state index contributed by atoms with van der Waals surface area (Å²) in [4.78, 5) is 15.3. The summed E-state index contributed by atoms with van der Waals surface area (Å²) in [6.07, 6.45) is 1.67. The second-order valence-corrected chi connectivity index (χ2v) is 6.80. The fraction of sp³-hybridized carbons (Fsp3) is 0.286. The van der Waals surface area contributed by atoms with Crippen LogP contribution in [0.1, 0.15) is 44.8 Å². The smallest absolute Gasteiger partial charge is 0.267 e. The molecule has 0 saturated heterocycles. The largest absolute Gasteiger partial charge is 0.272 e. The molecule has 19 heavy (non-hydrogen) atoms. The molecule has 0 aliphatic carbocycles. The van der Waals surface area contributed by atoms with Crippen LogP contribution in [0, 0.1) is 6.92 Å². The second-order valence-electron chi connectivity index (χ2n) is 4.54. The Balaban J connectivity index is 1.95. The number of nitrogens with zero attached hydrogens (tertiary/aromatic N) is 1. The van der Waals surface area contributed by atoms with Crippen molar-refractivity contribution in [2.45, 2.75) is 26.7 Å². The zero-order valence-corrected chi connectivity index (χ0v) is 12.8. The number of carbonyl (C=O) groups is 1. The van der Waals surface area contributed by atoms with Gasteiger partial charge >= 0.3 is 0 Å². The Kier molecular flexibility index (Phi) is 4.50. The van der Waals surface area contributed by atoms with E-state index in [1.54, 1.807) is 28.9 Å². The molecule has 2 rings (SSSR count). The van der Waals surface area contributed by atoms with Crippen LogP contribution < -0.4 is 5.43 Å². The van der Waals surface area contributed by atoms with Gasteiger partial charge in [-0.1, -0.05) is 13.8 Å². The lowest BCUT2D eigenvalue weighted by Crippen LogP contribution is -2.16. The molecule has 1 N–H and O–H groups in total. The topological polar surface area (TPSA) is 41.5 Å². The number of nitrogens with one attached hydrogen (secondary N) is 1. The Labute approximate surface area is 121 Å². The summed E-state index contributed by atoms with van der Waals surface area (Å²) < 4.78 is 0. The lowest BCUT2D eigenvalue weighted by atomic mass is 10.1. The highest BCUT2D eigenvalue weighted by Crippen LogP contribution is 2.22. The van der Waals surface area contributed by atoms with Gasteiger partial charge < -0.3 is 0 Å². The van der Waals surface area contributed by atoms with Crippen molar-refractivity contribution in [1.29, 1.82) is 0 Å². The summed E-state index contributed by atoms with van der Waals surface area (Å²) >= 11 is 3.25. The van der Waals surface area contributed by atoms with Crippen LogP contribution in [0.3, 0.4) is 0 Å². The number of rotatable bonds is 4. The van der Waals surface area contributed by atoms with Crippen molar-refractivity contribution in [2.75, 3.05) is 0 Å². The summed E-state index contributed by atoms with van der Waals surface area (Å²) in [5, 5.41) is 5.85. The maximum Gasteiger partial charge on any atom is 0.272 e. The van der Waals surface area contributed by atoms with Crippen LogP contribution in [-0.2, 0) is 0 Å². The van der Waals surface area contributed by atoms with E-state index in [-0.39, 0.29) is 5.91 Å².